The largest absolute Gasteiger partial charge is 0.496 e. The van der Waals surface area contributed by atoms with Gasteiger partial charge in [0.15, 0.2) is 0 Å². The van der Waals surface area contributed by atoms with E-state index in [1.807, 2.05) is 0 Å². The topological polar surface area (TPSA) is 97.0 Å². The Hall–Kier alpha value is -3.55. The normalized spacial score (nSPS) is 17.7. The Balaban J connectivity index is 1.66. The highest BCUT2D eigenvalue weighted by atomic mass is 16.5. The van der Waals surface area contributed by atoms with Crippen LogP contribution in [0.25, 0.3) is 0 Å². The zero-order valence-electron chi connectivity index (χ0n) is 16.2. The van der Waals surface area contributed by atoms with Crippen molar-refractivity contribution < 1.29 is 23.9 Å². The van der Waals surface area contributed by atoms with Gasteiger partial charge >= 0.3 is 0 Å². The second-order valence-electron chi connectivity index (χ2n) is 6.90. The van der Waals surface area contributed by atoms with Crippen molar-refractivity contribution in [3.05, 3.63) is 47.5 Å². The number of hydrogen-bond acceptors (Lipinski definition) is 5. The van der Waals surface area contributed by atoms with Gasteiger partial charge in [0.05, 0.1) is 25.5 Å². The number of rotatable bonds is 4. The molecule has 8 heteroatoms. The molecule has 0 radical (unpaired) electrons. The van der Waals surface area contributed by atoms with Gasteiger partial charge in [0.1, 0.15) is 23.1 Å². The Morgan fingerprint density at radius 2 is 1.86 bits per heavy atom. The van der Waals surface area contributed by atoms with E-state index in [1.165, 1.54) is 14.2 Å². The van der Waals surface area contributed by atoms with Crippen LogP contribution in [0.3, 0.4) is 0 Å². The van der Waals surface area contributed by atoms with Crippen molar-refractivity contribution in [3.63, 3.8) is 0 Å². The summed E-state index contributed by atoms with van der Waals surface area (Å²) in [5.41, 5.74) is 1.49. The number of carbonyl (C=O) groups excluding carboxylic acids is 3. The molecule has 2 aliphatic rings. The van der Waals surface area contributed by atoms with E-state index in [9.17, 15) is 14.4 Å². The molecule has 0 unspecified atom stereocenters. The number of benzene rings is 2. The molecule has 0 spiro atoms. The SMILES string of the molecule is COc1cccc(OC)c1C(=O)Nc1ccc2c(c1)C(=O)N1CCC[C@@H]1C(=O)N2. The zero-order valence-corrected chi connectivity index (χ0v) is 16.2. The van der Waals surface area contributed by atoms with Gasteiger partial charge in [-0.05, 0) is 43.2 Å². The lowest BCUT2D eigenvalue weighted by atomic mass is 10.1. The minimum atomic E-state index is -0.439. The summed E-state index contributed by atoms with van der Waals surface area (Å²) in [6, 6.07) is 9.47. The van der Waals surface area contributed by atoms with Crippen molar-refractivity contribution in [1.29, 1.82) is 0 Å². The molecule has 2 N–H and O–H groups in total. The summed E-state index contributed by atoms with van der Waals surface area (Å²) >= 11 is 0. The number of hydrogen-bond donors (Lipinski definition) is 2. The molecule has 0 saturated carbocycles. The predicted molar refractivity (Wildman–Crippen MR) is 107 cm³/mol. The van der Waals surface area contributed by atoms with Gasteiger partial charge in [0, 0.05) is 12.2 Å². The lowest BCUT2D eigenvalue weighted by molar-refractivity contribution is -0.119. The van der Waals surface area contributed by atoms with Gasteiger partial charge in [-0.2, -0.15) is 0 Å². The molecule has 0 aromatic heterocycles. The molecule has 2 aromatic carbocycles. The number of nitrogens with one attached hydrogen (secondary N) is 2. The Morgan fingerprint density at radius 1 is 1.14 bits per heavy atom. The maximum atomic E-state index is 13.0. The van der Waals surface area contributed by atoms with Crippen LogP contribution in [0, 0.1) is 0 Å². The molecule has 3 amide bonds. The maximum absolute atomic E-state index is 13.0. The molecule has 29 heavy (non-hydrogen) atoms. The second-order valence-corrected chi connectivity index (χ2v) is 6.90. The van der Waals surface area contributed by atoms with E-state index in [4.69, 9.17) is 9.47 Å². The lowest BCUT2D eigenvalue weighted by Crippen LogP contribution is -2.40. The second kappa shape index (κ2) is 7.46. The first-order valence-corrected chi connectivity index (χ1v) is 9.31. The van der Waals surface area contributed by atoms with Gasteiger partial charge in [-0.3, -0.25) is 14.4 Å². The van der Waals surface area contributed by atoms with Crippen LogP contribution in [-0.2, 0) is 4.79 Å². The molecule has 2 heterocycles. The number of fused-ring (bicyclic) bond motifs is 2. The number of amides is 3. The quantitative estimate of drug-likeness (QED) is 0.829. The van der Waals surface area contributed by atoms with Crippen LogP contribution in [0.5, 0.6) is 11.5 Å². The summed E-state index contributed by atoms with van der Waals surface area (Å²) in [5, 5.41) is 5.61. The minimum absolute atomic E-state index is 0.176. The Kier molecular flexibility index (Phi) is 4.84. The average molecular weight is 395 g/mol. The van der Waals surface area contributed by atoms with E-state index in [-0.39, 0.29) is 17.4 Å². The Bertz CT molecular complexity index is 982. The monoisotopic (exact) mass is 395 g/mol. The molecule has 0 bridgehead atoms. The molecular formula is C21H21N3O5. The van der Waals surface area contributed by atoms with Crippen LogP contribution in [0.15, 0.2) is 36.4 Å². The maximum Gasteiger partial charge on any atom is 0.263 e. The van der Waals surface area contributed by atoms with Crippen LogP contribution in [-0.4, -0.2) is 49.4 Å². The molecule has 0 aliphatic carbocycles. The van der Waals surface area contributed by atoms with Gasteiger partial charge in [0.25, 0.3) is 11.8 Å². The first-order chi connectivity index (χ1) is 14.0. The van der Waals surface area contributed by atoms with Crippen molar-refractivity contribution in [2.24, 2.45) is 0 Å². The number of carbonyl (C=O) groups is 3. The first-order valence-electron chi connectivity index (χ1n) is 9.31. The molecule has 1 atom stereocenters. The summed E-state index contributed by atoms with van der Waals surface area (Å²) < 4.78 is 10.6. The van der Waals surface area contributed by atoms with Crippen molar-refractivity contribution in [2.45, 2.75) is 18.9 Å². The van der Waals surface area contributed by atoms with Crippen LogP contribution in [0.2, 0.25) is 0 Å². The number of anilines is 2. The van der Waals surface area contributed by atoms with Gasteiger partial charge in [-0.15, -0.1) is 0 Å². The van der Waals surface area contributed by atoms with Crippen LogP contribution >= 0.6 is 0 Å². The van der Waals surface area contributed by atoms with E-state index in [1.54, 1.807) is 41.3 Å². The summed E-state index contributed by atoms with van der Waals surface area (Å²) in [7, 11) is 2.95. The molecule has 1 saturated heterocycles. The molecule has 2 aromatic rings. The minimum Gasteiger partial charge on any atom is -0.496 e. The molecule has 150 valence electrons. The fraction of sp³-hybridized carbons (Fsp3) is 0.286. The third-order valence-electron chi connectivity index (χ3n) is 5.24. The van der Waals surface area contributed by atoms with Gasteiger partial charge in [-0.25, -0.2) is 0 Å². The molecular weight excluding hydrogens is 374 g/mol. The summed E-state index contributed by atoms with van der Waals surface area (Å²) in [5.74, 6) is -0.0694. The van der Waals surface area contributed by atoms with Gasteiger partial charge < -0.3 is 25.0 Å². The summed E-state index contributed by atoms with van der Waals surface area (Å²) in [6.45, 7) is 0.547. The average Bonchev–Trinajstić information content (AvgIpc) is 3.20. The van der Waals surface area contributed by atoms with Crippen LogP contribution < -0.4 is 20.1 Å². The number of nitrogens with zero attached hydrogens (tertiary/aromatic N) is 1. The Labute approximate surface area is 167 Å². The Morgan fingerprint density at radius 3 is 2.55 bits per heavy atom. The third-order valence-corrected chi connectivity index (χ3v) is 5.24. The van der Waals surface area contributed by atoms with Crippen LogP contribution in [0.4, 0.5) is 11.4 Å². The van der Waals surface area contributed by atoms with E-state index >= 15 is 0 Å². The zero-order chi connectivity index (χ0) is 20.5. The highest BCUT2D eigenvalue weighted by Crippen LogP contribution is 2.32. The first kappa shape index (κ1) is 18.8. The third kappa shape index (κ3) is 3.26. The molecule has 4 rings (SSSR count). The van der Waals surface area contributed by atoms with E-state index in [2.05, 4.69) is 10.6 Å². The van der Waals surface area contributed by atoms with Crippen molar-refractivity contribution >= 4 is 29.1 Å². The standard InChI is InChI=1S/C21H21N3O5/c1-28-16-6-3-7-17(29-2)18(16)20(26)22-12-8-9-14-13(11-12)21(27)24-10-4-5-15(24)19(25)23-14/h3,6-9,11,15H,4-5,10H2,1-2H3,(H,22,26)(H,23,25)/t15-/m1/s1. The van der Waals surface area contributed by atoms with Crippen molar-refractivity contribution in [1.82, 2.24) is 4.90 Å². The summed E-state index contributed by atoms with van der Waals surface area (Å²) in [6.07, 6.45) is 1.45. The smallest absolute Gasteiger partial charge is 0.263 e. The highest BCUT2D eigenvalue weighted by molar-refractivity contribution is 6.12. The lowest BCUT2D eigenvalue weighted by Gasteiger charge is -2.20. The van der Waals surface area contributed by atoms with Gasteiger partial charge in [-0.1, -0.05) is 6.07 Å². The molecule has 1 fully saturated rings. The molecule has 8 nitrogen and oxygen atoms in total. The van der Waals surface area contributed by atoms with Crippen LogP contribution in [0.1, 0.15) is 33.6 Å². The predicted octanol–water partition coefficient (Wildman–Crippen LogP) is 2.51. The highest BCUT2D eigenvalue weighted by Gasteiger charge is 2.38. The molecule has 2 aliphatic heterocycles. The fourth-order valence-electron chi connectivity index (χ4n) is 3.83. The van der Waals surface area contributed by atoms with Crippen molar-refractivity contribution in [2.75, 3.05) is 31.4 Å². The summed E-state index contributed by atoms with van der Waals surface area (Å²) in [4.78, 5) is 39.8. The van der Waals surface area contributed by atoms with E-state index < -0.39 is 11.9 Å². The number of ether oxygens (including phenoxy) is 2. The van der Waals surface area contributed by atoms with Crippen molar-refractivity contribution in [3.8, 4) is 11.5 Å². The number of methoxy groups -OCH3 is 2. The fourth-order valence-corrected chi connectivity index (χ4v) is 3.83. The van der Waals surface area contributed by atoms with E-state index in [0.29, 0.717) is 41.4 Å². The van der Waals surface area contributed by atoms with E-state index in [0.717, 1.165) is 6.42 Å². The van der Waals surface area contributed by atoms with Gasteiger partial charge in [0.2, 0.25) is 5.91 Å².